The molecule has 3 aromatic carbocycles. The maximum Gasteiger partial charge on any atom is 0.261 e. The molecule has 0 radical (unpaired) electrons. The van der Waals surface area contributed by atoms with Gasteiger partial charge in [0.15, 0.2) is 11.5 Å². The molecule has 1 aliphatic heterocycles. The first-order chi connectivity index (χ1) is 16.1. The number of rotatable bonds is 5. The predicted octanol–water partition coefficient (Wildman–Crippen LogP) is 4.61. The van der Waals surface area contributed by atoms with E-state index in [0.29, 0.717) is 34.5 Å². The van der Waals surface area contributed by atoms with E-state index < -0.39 is 0 Å². The molecule has 0 aliphatic carbocycles. The van der Waals surface area contributed by atoms with Crippen LogP contribution in [0.25, 0.3) is 10.9 Å². The first-order valence-electron chi connectivity index (χ1n) is 10.6. The van der Waals surface area contributed by atoms with Crippen LogP contribution in [0.3, 0.4) is 0 Å². The highest BCUT2D eigenvalue weighted by atomic mass is 16.5. The van der Waals surface area contributed by atoms with Gasteiger partial charge < -0.3 is 19.6 Å². The number of ether oxygens (including phenoxy) is 2. The molecule has 1 atom stereocenters. The van der Waals surface area contributed by atoms with Gasteiger partial charge in [-0.3, -0.25) is 9.80 Å². The lowest BCUT2D eigenvalue weighted by Gasteiger charge is -2.24. The Kier molecular flexibility index (Phi) is 5.22. The smallest absolute Gasteiger partial charge is 0.261 e. The zero-order chi connectivity index (χ0) is 22.9. The fourth-order valence-electron chi connectivity index (χ4n) is 4.29. The van der Waals surface area contributed by atoms with Crippen LogP contribution in [0.5, 0.6) is 17.2 Å². The fourth-order valence-corrected chi connectivity index (χ4v) is 4.29. The summed E-state index contributed by atoms with van der Waals surface area (Å²) in [7, 11) is 3.19. The maximum atomic E-state index is 13.0. The highest BCUT2D eigenvalue weighted by Gasteiger charge is 2.33. The largest absolute Gasteiger partial charge is 0.506 e. The van der Waals surface area contributed by atoms with Gasteiger partial charge in [0.05, 0.1) is 37.2 Å². The molecular formula is C26H23N3O4. The molecule has 2 heterocycles. The number of H-pyrrole nitrogens is 1. The van der Waals surface area contributed by atoms with Gasteiger partial charge in [0, 0.05) is 11.8 Å². The first-order valence-corrected chi connectivity index (χ1v) is 10.6. The standard InChI is InChI=1S/C26H23N3O4/c1-32-22-13-12-16(14-23(22)33-2)21-15-20(28-29(21)17-8-4-3-5-9-17)24-25(30)18-10-6-7-11-19(18)27-26(24)31/h3-14,21H,15H2,1-2H3,(H2,27,30,31). The van der Waals surface area contributed by atoms with E-state index in [4.69, 9.17) is 14.6 Å². The first kappa shape index (κ1) is 20.6. The van der Waals surface area contributed by atoms with Crippen LogP contribution < -0.4 is 20.0 Å². The van der Waals surface area contributed by atoms with E-state index in [-0.39, 0.29) is 22.9 Å². The highest BCUT2D eigenvalue weighted by molar-refractivity contribution is 6.08. The number of hydrogen-bond acceptors (Lipinski definition) is 6. The molecule has 0 saturated heterocycles. The minimum atomic E-state index is -0.370. The zero-order valence-electron chi connectivity index (χ0n) is 18.3. The SMILES string of the molecule is COc1ccc(C2CC(c3c(O)c4ccccc4[nH]c3=O)=NN2c2ccccc2)cc1OC. The number of aromatic hydroxyl groups is 1. The van der Waals surface area contributed by atoms with Crippen molar-refractivity contribution in [2.24, 2.45) is 5.10 Å². The number of para-hydroxylation sites is 2. The number of anilines is 1. The summed E-state index contributed by atoms with van der Waals surface area (Å²) in [6.45, 7) is 0. The normalized spacial score (nSPS) is 15.5. The van der Waals surface area contributed by atoms with Gasteiger partial charge in [-0.1, -0.05) is 36.4 Å². The topological polar surface area (TPSA) is 87.2 Å². The predicted molar refractivity (Wildman–Crippen MR) is 129 cm³/mol. The van der Waals surface area contributed by atoms with Gasteiger partial charge in [0.1, 0.15) is 11.3 Å². The molecule has 0 bridgehead atoms. The van der Waals surface area contributed by atoms with Gasteiger partial charge in [-0.2, -0.15) is 5.10 Å². The summed E-state index contributed by atoms with van der Waals surface area (Å²) < 4.78 is 10.9. The van der Waals surface area contributed by atoms with Gasteiger partial charge >= 0.3 is 0 Å². The minimum absolute atomic E-state index is 0.0610. The van der Waals surface area contributed by atoms with Crippen LogP contribution in [-0.2, 0) is 0 Å². The number of methoxy groups -OCH3 is 2. The Hall–Kier alpha value is -4.26. The number of nitrogens with zero attached hydrogens (tertiary/aromatic N) is 2. The summed E-state index contributed by atoms with van der Waals surface area (Å²) in [6, 6.07) is 22.5. The van der Waals surface area contributed by atoms with Crippen LogP contribution in [0, 0.1) is 0 Å². The lowest BCUT2D eigenvalue weighted by Crippen LogP contribution is -2.19. The lowest BCUT2D eigenvalue weighted by atomic mass is 9.97. The number of benzene rings is 3. The van der Waals surface area contributed by atoms with Crippen molar-refractivity contribution < 1.29 is 14.6 Å². The van der Waals surface area contributed by atoms with Crippen LogP contribution in [0.2, 0.25) is 0 Å². The third-order valence-electron chi connectivity index (χ3n) is 5.91. The van der Waals surface area contributed by atoms with E-state index in [0.717, 1.165) is 11.3 Å². The summed E-state index contributed by atoms with van der Waals surface area (Å²) in [5, 5.41) is 18.3. The molecular weight excluding hydrogens is 418 g/mol. The second kappa shape index (κ2) is 8.35. The molecule has 7 heteroatoms. The van der Waals surface area contributed by atoms with Gasteiger partial charge in [0.2, 0.25) is 0 Å². The minimum Gasteiger partial charge on any atom is -0.506 e. The number of aromatic nitrogens is 1. The Bertz CT molecular complexity index is 1410. The third kappa shape index (κ3) is 3.57. The molecule has 2 N–H and O–H groups in total. The molecule has 33 heavy (non-hydrogen) atoms. The second-order valence-corrected chi connectivity index (χ2v) is 7.78. The van der Waals surface area contributed by atoms with E-state index in [9.17, 15) is 9.90 Å². The van der Waals surface area contributed by atoms with Crippen molar-refractivity contribution in [3.8, 4) is 17.2 Å². The van der Waals surface area contributed by atoms with Crippen LogP contribution in [0.15, 0.2) is 82.7 Å². The van der Waals surface area contributed by atoms with Crippen molar-refractivity contribution in [3.05, 3.63) is 94.3 Å². The van der Waals surface area contributed by atoms with Crippen molar-refractivity contribution in [3.63, 3.8) is 0 Å². The molecule has 1 unspecified atom stereocenters. The summed E-state index contributed by atoms with van der Waals surface area (Å²) in [5.41, 5.74) is 2.75. The van der Waals surface area contributed by atoms with Gasteiger partial charge in [0.25, 0.3) is 5.56 Å². The number of hydrazone groups is 1. The number of pyridine rings is 1. The second-order valence-electron chi connectivity index (χ2n) is 7.78. The van der Waals surface area contributed by atoms with E-state index >= 15 is 0 Å². The molecule has 4 aromatic rings. The Morgan fingerprint density at radius 2 is 1.70 bits per heavy atom. The zero-order valence-corrected chi connectivity index (χ0v) is 18.3. The van der Waals surface area contributed by atoms with Crippen molar-refractivity contribution in [1.29, 1.82) is 0 Å². The number of aromatic amines is 1. The molecule has 7 nitrogen and oxygen atoms in total. The van der Waals surface area contributed by atoms with Crippen LogP contribution in [-0.4, -0.2) is 30.0 Å². The van der Waals surface area contributed by atoms with E-state index in [1.807, 2.05) is 65.7 Å². The molecule has 166 valence electrons. The molecule has 1 aliphatic rings. The fraction of sp³-hybridized carbons (Fsp3) is 0.154. The van der Waals surface area contributed by atoms with E-state index in [1.165, 1.54) is 0 Å². The van der Waals surface area contributed by atoms with Crippen molar-refractivity contribution >= 4 is 22.3 Å². The molecule has 1 aromatic heterocycles. The van der Waals surface area contributed by atoms with Gasteiger partial charge in [-0.05, 0) is 42.0 Å². The molecule has 0 amide bonds. The van der Waals surface area contributed by atoms with Crippen molar-refractivity contribution in [2.75, 3.05) is 19.2 Å². The van der Waals surface area contributed by atoms with Crippen molar-refractivity contribution in [1.82, 2.24) is 4.98 Å². The molecule has 0 spiro atoms. The number of nitrogens with one attached hydrogen (secondary N) is 1. The quantitative estimate of drug-likeness (QED) is 0.472. The average Bonchev–Trinajstić information content (AvgIpc) is 3.29. The van der Waals surface area contributed by atoms with Crippen molar-refractivity contribution in [2.45, 2.75) is 12.5 Å². The van der Waals surface area contributed by atoms with Gasteiger partial charge in [-0.25, -0.2) is 0 Å². The lowest BCUT2D eigenvalue weighted by molar-refractivity contribution is 0.354. The highest BCUT2D eigenvalue weighted by Crippen LogP contribution is 2.40. The Labute approximate surface area is 190 Å². The summed E-state index contributed by atoms with van der Waals surface area (Å²) >= 11 is 0. The van der Waals surface area contributed by atoms with Crippen LogP contribution in [0.1, 0.15) is 23.6 Å². The van der Waals surface area contributed by atoms with Crippen LogP contribution >= 0.6 is 0 Å². The van der Waals surface area contributed by atoms with Gasteiger partial charge in [-0.15, -0.1) is 0 Å². The third-order valence-corrected chi connectivity index (χ3v) is 5.91. The molecule has 0 saturated carbocycles. The maximum absolute atomic E-state index is 13.0. The molecule has 0 fully saturated rings. The summed E-state index contributed by atoms with van der Waals surface area (Å²) in [5.74, 6) is 1.19. The average molecular weight is 441 g/mol. The Morgan fingerprint density at radius 3 is 2.45 bits per heavy atom. The molecule has 5 rings (SSSR count). The Morgan fingerprint density at radius 1 is 0.970 bits per heavy atom. The summed E-state index contributed by atoms with van der Waals surface area (Å²) in [6.07, 6.45) is 0.430. The monoisotopic (exact) mass is 441 g/mol. The Balaban J connectivity index is 1.64. The van der Waals surface area contributed by atoms with E-state index in [2.05, 4.69) is 4.98 Å². The summed E-state index contributed by atoms with van der Waals surface area (Å²) in [4.78, 5) is 15.8. The number of fused-ring (bicyclic) bond motifs is 1. The van der Waals surface area contributed by atoms with E-state index in [1.54, 1.807) is 26.4 Å². The number of hydrogen-bond donors (Lipinski definition) is 2. The van der Waals surface area contributed by atoms with Crippen LogP contribution in [0.4, 0.5) is 5.69 Å².